The van der Waals surface area contributed by atoms with Crippen LogP contribution in [-0.2, 0) is 4.79 Å². The number of benzene rings is 2. The van der Waals surface area contributed by atoms with Crippen LogP contribution in [0, 0.1) is 28.9 Å². The van der Waals surface area contributed by atoms with Gasteiger partial charge in [-0.05, 0) is 30.7 Å². The summed E-state index contributed by atoms with van der Waals surface area (Å²) in [5.74, 6) is 2.53. The van der Waals surface area contributed by atoms with Crippen molar-refractivity contribution < 1.29 is 18.4 Å². The van der Waals surface area contributed by atoms with Gasteiger partial charge in [0.25, 0.3) is 0 Å². The zero-order valence-corrected chi connectivity index (χ0v) is 17.7. The molecule has 0 spiro atoms. The molecule has 1 saturated heterocycles. The Labute approximate surface area is 184 Å². The second kappa shape index (κ2) is 9.02. The molecule has 8 heteroatoms. The third kappa shape index (κ3) is 3.85. The smallest absolute Gasteiger partial charge is 0.332 e. The highest BCUT2D eigenvalue weighted by Gasteiger charge is 2.50. The summed E-state index contributed by atoms with van der Waals surface area (Å²) >= 11 is 0. The molecule has 2 aromatic carbocycles. The molecule has 1 fully saturated rings. The lowest BCUT2D eigenvalue weighted by Crippen LogP contribution is -2.63. The number of likely N-dealkylation sites (N-methyl/N-ethyl adjacent to an activating group) is 1. The number of hydrogen-bond acceptors (Lipinski definition) is 4. The normalized spacial score (nSPS) is 18.9. The number of halogens is 2. The van der Waals surface area contributed by atoms with Crippen molar-refractivity contribution in [2.45, 2.75) is 25.3 Å². The summed E-state index contributed by atoms with van der Waals surface area (Å²) in [6.45, 7) is 1.74. The van der Waals surface area contributed by atoms with E-state index in [0.29, 0.717) is 10.5 Å². The lowest BCUT2D eigenvalue weighted by Gasteiger charge is -2.47. The van der Waals surface area contributed by atoms with Crippen LogP contribution in [0.2, 0.25) is 0 Å². The summed E-state index contributed by atoms with van der Waals surface area (Å²) in [6, 6.07) is 9.98. The third-order valence-electron chi connectivity index (χ3n) is 5.64. The second-order valence-corrected chi connectivity index (χ2v) is 7.30. The van der Waals surface area contributed by atoms with E-state index in [4.69, 9.17) is 11.1 Å². The first-order valence-corrected chi connectivity index (χ1v) is 9.88. The van der Waals surface area contributed by atoms with E-state index >= 15 is 0 Å². The molecule has 3 rings (SSSR count). The Hall–Kier alpha value is -3.99. The number of amides is 3. The summed E-state index contributed by atoms with van der Waals surface area (Å²) in [6.07, 6.45) is 2.13. The van der Waals surface area contributed by atoms with Gasteiger partial charge in [-0.2, -0.15) is 0 Å². The Morgan fingerprint density at radius 3 is 2.28 bits per heavy atom. The molecule has 1 atom stereocenters. The van der Waals surface area contributed by atoms with E-state index in [9.17, 15) is 18.4 Å². The fourth-order valence-electron chi connectivity index (χ4n) is 3.82. The van der Waals surface area contributed by atoms with Gasteiger partial charge in [-0.1, -0.05) is 37.0 Å². The van der Waals surface area contributed by atoms with E-state index < -0.39 is 34.8 Å². The quantitative estimate of drug-likeness (QED) is 0.564. The monoisotopic (exact) mass is 436 g/mol. The first kappa shape index (κ1) is 22.7. The summed E-state index contributed by atoms with van der Waals surface area (Å²) in [7, 11) is 1.41. The van der Waals surface area contributed by atoms with Crippen molar-refractivity contribution in [1.82, 2.24) is 4.90 Å². The van der Waals surface area contributed by atoms with Gasteiger partial charge in [0.15, 0.2) is 11.6 Å². The van der Waals surface area contributed by atoms with Crippen molar-refractivity contribution in [3.8, 4) is 11.8 Å². The van der Waals surface area contributed by atoms with E-state index in [0.717, 1.165) is 24.5 Å². The van der Waals surface area contributed by atoms with Crippen LogP contribution in [0.3, 0.4) is 0 Å². The van der Waals surface area contributed by atoms with Crippen molar-refractivity contribution in [2.24, 2.45) is 5.73 Å². The number of rotatable bonds is 4. The number of carbonyl (C=O) groups is 2. The van der Waals surface area contributed by atoms with Crippen molar-refractivity contribution in [1.29, 1.82) is 5.41 Å². The van der Waals surface area contributed by atoms with Gasteiger partial charge in [0.2, 0.25) is 5.91 Å². The first-order valence-electron chi connectivity index (χ1n) is 9.88. The molecule has 6 nitrogen and oxygen atoms in total. The van der Waals surface area contributed by atoms with E-state index in [1.807, 2.05) is 6.07 Å². The van der Waals surface area contributed by atoms with Gasteiger partial charge in [0.05, 0.1) is 12.0 Å². The van der Waals surface area contributed by atoms with Crippen LogP contribution in [0.5, 0.6) is 0 Å². The molecule has 0 aromatic heterocycles. The predicted molar refractivity (Wildman–Crippen MR) is 118 cm³/mol. The molecule has 0 aliphatic carbocycles. The van der Waals surface area contributed by atoms with Crippen LogP contribution in [0.15, 0.2) is 54.2 Å². The average Bonchev–Trinajstić information content (AvgIpc) is 2.78. The summed E-state index contributed by atoms with van der Waals surface area (Å²) in [4.78, 5) is 27.7. The number of nitrogens with two attached hydrogens (primary N) is 1. The SMILES string of the molecule is CC[C@@]1(/C(C=N)=C/N)CC(=O)N(c2c(F)cc(C#Cc3ccccc3)cc2F)C(=O)N1C. The molecule has 0 unspecified atom stereocenters. The fourth-order valence-corrected chi connectivity index (χ4v) is 3.82. The molecular weight excluding hydrogens is 414 g/mol. The standard InChI is InChI=1S/C24H22F2N4O2/c1-3-24(18(14-27)15-28)13-21(31)30(23(32)29(24)2)22-19(25)11-17(12-20(22)26)10-9-16-7-5-4-6-8-16/h4-8,11-12,14-15,27H,3,13,28H2,1-2H3/b18-15+,27-14?/t24-/m0/s1. The molecule has 1 aliphatic heterocycles. The van der Waals surface area contributed by atoms with Crippen LogP contribution in [0.4, 0.5) is 19.3 Å². The zero-order valence-electron chi connectivity index (χ0n) is 17.7. The van der Waals surface area contributed by atoms with Gasteiger partial charge in [-0.3, -0.25) is 4.79 Å². The van der Waals surface area contributed by atoms with Crippen molar-refractivity contribution in [2.75, 3.05) is 11.9 Å². The van der Waals surface area contributed by atoms with E-state index in [-0.39, 0.29) is 24.0 Å². The maximum atomic E-state index is 14.9. The van der Waals surface area contributed by atoms with Gasteiger partial charge < -0.3 is 16.0 Å². The van der Waals surface area contributed by atoms with Crippen LogP contribution < -0.4 is 10.6 Å². The number of nitrogens with one attached hydrogen (secondary N) is 1. The topological polar surface area (TPSA) is 90.5 Å². The average molecular weight is 436 g/mol. The molecule has 0 radical (unpaired) electrons. The Balaban J connectivity index is 2.00. The van der Waals surface area contributed by atoms with Crippen LogP contribution in [0.25, 0.3) is 0 Å². The molecule has 164 valence electrons. The van der Waals surface area contributed by atoms with Gasteiger partial charge in [0, 0.05) is 36.2 Å². The molecule has 0 saturated carbocycles. The minimum absolute atomic E-state index is 0.0675. The third-order valence-corrected chi connectivity index (χ3v) is 5.64. The highest BCUT2D eigenvalue weighted by atomic mass is 19.1. The van der Waals surface area contributed by atoms with E-state index in [1.54, 1.807) is 31.2 Å². The minimum Gasteiger partial charge on any atom is -0.404 e. The summed E-state index contributed by atoms with van der Waals surface area (Å²) in [5, 5.41) is 7.59. The minimum atomic E-state index is -1.17. The van der Waals surface area contributed by atoms with Crippen LogP contribution in [-0.4, -0.2) is 35.6 Å². The molecule has 1 aliphatic rings. The van der Waals surface area contributed by atoms with Crippen molar-refractivity contribution >= 4 is 23.8 Å². The van der Waals surface area contributed by atoms with Crippen LogP contribution in [0.1, 0.15) is 30.9 Å². The number of imide groups is 1. The van der Waals surface area contributed by atoms with Gasteiger partial charge in [0.1, 0.15) is 5.69 Å². The Morgan fingerprint density at radius 2 is 1.75 bits per heavy atom. The molecule has 32 heavy (non-hydrogen) atoms. The van der Waals surface area contributed by atoms with E-state index in [2.05, 4.69) is 11.8 Å². The number of anilines is 1. The fraction of sp³-hybridized carbons (Fsp3) is 0.208. The highest BCUT2D eigenvalue weighted by molar-refractivity contribution is 6.17. The lowest BCUT2D eigenvalue weighted by atomic mass is 9.81. The Kier molecular flexibility index (Phi) is 6.40. The largest absolute Gasteiger partial charge is 0.404 e. The maximum Gasteiger partial charge on any atom is 0.332 e. The second-order valence-electron chi connectivity index (χ2n) is 7.30. The number of nitrogens with zero attached hydrogens (tertiary/aromatic N) is 2. The van der Waals surface area contributed by atoms with Gasteiger partial charge in [-0.15, -0.1) is 0 Å². The Morgan fingerprint density at radius 1 is 1.16 bits per heavy atom. The maximum absolute atomic E-state index is 14.9. The zero-order chi connectivity index (χ0) is 23.5. The van der Waals surface area contributed by atoms with Crippen molar-refractivity contribution in [3.05, 3.63) is 77.0 Å². The molecule has 3 amide bonds. The number of carbonyl (C=O) groups excluding carboxylic acids is 2. The van der Waals surface area contributed by atoms with Gasteiger partial charge >= 0.3 is 6.03 Å². The van der Waals surface area contributed by atoms with Gasteiger partial charge in [-0.25, -0.2) is 18.5 Å². The first-order chi connectivity index (χ1) is 15.3. The summed E-state index contributed by atoms with van der Waals surface area (Å²) < 4.78 is 29.8. The number of urea groups is 1. The van der Waals surface area contributed by atoms with E-state index in [1.165, 1.54) is 11.9 Å². The predicted octanol–water partition coefficient (Wildman–Crippen LogP) is 3.79. The Bertz CT molecular complexity index is 1140. The molecular formula is C24H22F2N4O2. The highest BCUT2D eigenvalue weighted by Crippen LogP contribution is 2.38. The lowest BCUT2D eigenvalue weighted by molar-refractivity contribution is -0.121. The summed E-state index contributed by atoms with van der Waals surface area (Å²) in [5.41, 5.74) is 4.67. The number of hydrogen-bond donors (Lipinski definition) is 2. The molecule has 1 heterocycles. The van der Waals surface area contributed by atoms with Crippen molar-refractivity contribution in [3.63, 3.8) is 0 Å². The molecule has 0 bridgehead atoms. The molecule has 3 N–H and O–H groups in total. The molecule has 2 aromatic rings. The van der Waals surface area contributed by atoms with Crippen LogP contribution >= 0.6 is 0 Å².